The number of carbonyl (C=O) groups excluding carboxylic acids is 2. The van der Waals surface area contributed by atoms with Gasteiger partial charge in [-0.1, -0.05) is 0 Å². The Balaban J connectivity index is 1.82. The van der Waals surface area contributed by atoms with Crippen LogP contribution in [0.15, 0.2) is 18.2 Å². The van der Waals surface area contributed by atoms with Crippen LogP contribution < -0.4 is 20.7 Å². The van der Waals surface area contributed by atoms with Gasteiger partial charge in [-0.05, 0) is 13.0 Å². The number of nitrogens with two attached hydrogens (primary N) is 1. The normalized spacial score (nSPS) is 20.0. The summed E-state index contributed by atoms with van der Waals surface area (Å²) in [5.74, 6) is 0.823. The van der Waals surface area contributed by atoms with E-state index in [1.807, 2.05) is 0 Å². The standard InChI is InChI=1S/C12H13N5O4/c13-2-1-8-4-17(12(19)21-8)9-3-14-11-10(16-9)15-7(5-18)6-20-11/h3,5-6,8H,1-2,4,13H2,(H,15,16). The lowest BCUT2D eigenvalue weighted by Gasteiger charge is -2.17. The minimum absolute atomic E-state index is 0.221. The fraction of sp³-hybridized carbons (Fsp3) is 0.333. The van der Waals surface area contributed by atoms with Crippen molar-refractivity contribution in [3.63, 3.8) is 0 Å². The number of allylic oxidation sites excluding steroid dienone is 1. The van der Waals surface area contributed by atoms with Gasteiger partial charge in [-0.15, -0.1) is 0 Å². The number of aromatic nitrogens is 2. The molecule has 0 aliphatic carbocycles. The summed E-state index contributed by atoms with van der Waals surface area (Å²) < 4.78 is 10.3. The lowest BCUT2D eigenvalue weighted by molar-refractivity contribution is -0.104. The molecule has 0 aromatic carbocycles. The zero-order valence-corrected chi connectivity index (χ0v) is 11.0. The fourth-order valence-corrected chi connectivity index (χ4v) is 2.05. The predicted octanol–water partition coefficient (Wildman–Crippen LogP) is -0.00480. The number of anilines is 2. The maximum absolute atomic E-state index is 11.8. The molecule has 1 atom stereocenters. The summed E-state index contributed by atoms with van der Waals surface area (Å²) in [5.41, 5.74) is 5.68. The van der Waals surface area contributed by atoms with Crippen molar-refractivity contribution in [2.24, 2.45) is 5.73 Å². The first-order valence-electron chi connectivity index (χ1n) is 6.35. The van der Waals surface area contributed by atoms with Crippen LogP contribution in [0.25, 0.3) is 0 Å². The summed E-state index contributed by atoms with van der Waals surface area (Å²) in [5, 5.41) is 2.76. The average Bonchev–Trinajstić information content (AvgIpc) is 2.87. The number of aldehydes is 1. The zero-order chi connectivity index (χ0) is 14.8. The third-order valence-corrected chi connectivity index (χ3v) is 3.05. The number of hydrogen-bond donors (Lipinski definition) is 2. The molecule has 0 bridgehead atoms. The Hall–Kier alpha value is -2.68. The van der Waals surface area contributed by atoms with E-state index in [1.165, 1.54) is 17.4 Å². The number of nitrogens with zero attached hydrogens (tertiary/aromatic N) is 3. The van der Waals surface area contributed by atoms with Crippen LogP contribution in [-0.4, -0.2) is 41.5 Å². The molecule has 2 aliphatic rings. The van der Waals surface area contributed by atoms with Crippen molar-refractivity contribution in [1.29, 1.82) is 0 Å². The second kappa shape index (κ2) is 5.37. The molecule has 21 heavy (non-hydrogen) atoms. The molecule has 1 aromatic heterocycles. The number of rotatable bonds is 4. The van der Waals surface area contributed by atoms with Crippen LogP contribution in [0.3, 0.4) is 0 Å². The highest BCUT2D eigenvalue weighted by atomic mass is 16.6. The summed E-state index contributed by atoms with van der Waals surface area (Å²) in [6, 6.07) is 0. The van der Waals surface area contributed by atoms with Crippen molar-refractivity contribution in [2.75, 3.05) is 23.3 Å². The maximum Gasteiger partial charge on any atom is 0.415 e. The van der Waals surface area contributed by atoms with E-state index < -0.39 is 6.09 Å². The summed E-state index contributed by atoms with van der Waals surface area (Å²) in [6.07, 6.45) is 3.08. The zero-order valence-electron chi connectivity index (χ0n) is 11.0. The Bertz CT molecular complexity index is 618. The predicted molar refractivity (Wildman–Crippen MR) is 71.7 cm³/mol. The van der Waals surface area contributed by atoms with E-state index in [-0.39, 0.29) is 23.5 Å². The van der Waals surface area contributed by atoms with Gasteiger partial charge in [-0.3, -0.25) is 9.69 Å². The second-order valence-corrected chi connectivity index (χ2v) is 4.51. The number of nitrogens with one attached hydrogen (secondary N) is 1. The van der Waals surface area contributed by atoms with E-state index in [1.54, 1.807) is 0 Å². The van der Waals surface area contributed by atoms with Crippen LogP contribution in [0.2, 0.25) is 0 Å². The Morgan fingerprint density at radius 3 is 3.19 bits per heavy atom. The topological polar surface area (TPSA) is 120 Å². The third kappa shape index (κ3) is 2.50. The van der Waals surface area contributed by atoms with E-state index >= 15 is 0 Å². The second-order valence-electron chi connectivity index (χ2n) is 4.51. The van der Waals surface area contributed by atoms with Gasteiger partial charge in [0.2, 0.25) is 0 Å². The molecule has 1 aromatic rings. The molecular formula is C12H13N5O4. The molecule has 2 aliphatic heterocycles. The van der Waals surface area contributed by atoms with Crippen molar-refractivity contribution >= 4 is 24.0 Å². The summed E-state index contributed by atoms with van der Waals surface area (Å²) >= 11 is 0. The van der Waals surface area contributed by atoms with Crippen molar-refractivity contribution in [3.05, 3.63) is 18.2 Å². The van der Waals surface area contributed by atoms with E-state index in [0.717, 1.165) is 0 Å². The molecule has 1 fully saturated rings. The molecule has 0 radical (unpaired) electrons. The summed E-state index contributed by atoms with van der Waals surface area (Å²) in [6.45, 7) is 0.797. The van der Waals surface area contributed by atoms with Gasteiger partial charge in [0.25, 0.3) is 5.88 Å². The Morgan fingerprint density at radius 1 is 1.57 bits per heavy atom. The largest absolute Gasteiger partial charge is 0.444 e. The van der Waals surface area contributed by atoms with Crippen molar-refractivity contribution in [1.82, 2.24) is 9.97 Å². The van der Waals surface area contributed by atoms with Crippen LogP contribution >= 0.6 is 0 Å². The number of fused-ring (bicyclic) bond motifs is 1. The Kier molecular flexibility index (Phi) is 3.40. The van der Waals surface area contributed by atoms with Gasteiger partial charge in [0.15, 0.2) is 17.9 Å². The number of amides is 1. The van der Waals surface area contributed by atoms with Crippen molar-refractivity contribution in [2.45, 2.75) is 12.5 Å². The quantitative estimate of drug-likeness (QED) is 0.743. The highest BCUT2D eigenvalue weighted by Gasteiger charge is 2.33. The molecule has 3 N–H and O–H groups in total. The number of carbonyl (C=O) groups is 2. The molecule has 1 unspecified atom stereocenters. The highest BCUT2D eigenvalue weighted by Crippen LogP contribution is 2.29. The van der Waals surface area contributed by atoms with Gasteiger partial charge in [0, 0.05) is 0 Å². The van der Waals surface area contributed by atoms with Gasteiger partial charge in [-0.2, -0.15) is 0 Å². The van der Waals surface area contributed by atoms with Gasteiger partial charge in [-0.25, -0.2) is 14.8 Å². The first kappa shape index (κ1) is 13.3. The molecular weight excluding hydrogens is 278 g/mol. The minimum Gasteiger partial charge on any atom is -0.444 e. The number of ether oxygens (including phenoxy) is 2. The SMILES string of the molecule is NCCC1CN(c2cnc3c(n2)NC(C=O)=CO3)C(=O)O1. The highest BCUT2D eigenvalue weighted by molar-refractivity contribution is 5.89. The first-order chi connectivity index (χ1) is 10.2. The molecule has 3 heterocycles. The van der Waals surface area contributed by atoms with E-state index in [4.69, 9.17) is 15.2 Å². The number of hydrogen-bond acceptors (Lipinski definition) is 8. The Morgan fingerprint density at radius 2 is 2.43 bits per heavy atom. The molecule has 9 nitrogen and oxygen atoms in total. The third-order valence-electron chi connectivity index (χ3n) is 3.05. The van der Waals surface area contributed by atoms with Crippen LogP contribution in [0.4, 0.5) is 16.4 Å². The van der Waals surface area contributed by atoms with Crippen LogP contribution in [0.5, 0.6) is 5.88 Å². The summed E-state index contributed by atoms with van der Waals surface area (Å²) in [4.78, 5) is 32.2. The average molecular weight is 291 g/mol. The van der Waals surface area contributed by atoms with Crippen molar-refractivity contribution < 1.29 is 19.1 Å². The van der Waals surface area contributed by atoms with Gasteiger partial charge in [0.1, 0.15) is 18.1 Å². The summed E-state index contributed by atoms with van der Waals surface area (Å²) in [7, 11) is 0. The monoisotopic (exact) mass is 291 g/mol. The van der Waals surface area contributed by atoms with E-state index in [2.05, 4.69) is 15.3 Å². The van der Waals surface area contributed by atoms with E-state index in [0.29, 0.717) is 31.6 Å². The van der Waals surface area contributed by atoms with Gasteiger partial charge in [0.05, 0.1) is 12.7 Å². The van der Waals surface area contributed by atoms with E-state index in [9.17, 15) is 9.59 Å². The van der Waals surface area contributed by atoms with Crippen molar-refractivity contribution in [3.8, 4) is 5.88 Å². The molecule has 1 saturated heterocycles. The van der Waals surface area contributed by atoms with Crippen LogP contribution in [-0.2, 0) is 9.53 Å². The fourth-order valence-electron chi connectivity index (χ4n) is 2.05. The molecule has 0 saturated carbocycles. The van der Waals surface area contributed by atoms with Gasteiger partial charge >= 0.3 is 6.09 Å². The smallest absolute Gasteiger partial charge is 0.415 e. The maximum atomic E-state index is 11.8. The molecule has 1 amide bonds. The molecule has 3 rings (SSSR count). The first-order valence-corrected chi connectivity index (χ1v) is 6.35. The lowest BCUT2D eigenvalue weighted by atomic mass is 10.2. The molecule has 0 spiro atoms. The Labute approximate surface area is 119 Å². The minimum atomic E-state index is -0.495. The molecule has 9 heteroatoms. The lowest BCUT2D eigenvalue weighted by Crippen LogP contribution is -2.27. The van der Waals surface area contributed by atoms with Gasteiger partial charge < -0.3 is 20.5 Å². The van der Waals surface area contributed by atoms with Crippen LogP contribution in [0.1, 0.15) is 6.42 Å². The molecule has 110 valence electrons. The number of cyclic esters (lactones) is 1. The van der Waals surface area contributed by atoms with Crippen LogP contribution in [0, 0.1) is 0 Å².